The Morgan fingerprint density at radius 3 is 2.48 bits per heavy atom. The van der Waals surface area contributed by atoms with Crippen LogP contribution in [0.2, 0.25) is 0 Å². The predicted molar refractivity (Wildman–Crippen MR) is 98.6 cm³/mol. The number of benzene rings is 2. The largest absolute Gasteiger partial charge is 0.331 e. The fourth-order valence-corrected chi connectivity index (χ4v) is 2.63. The maximum absolute atomic E-state index is 11.3. The third kappa shape index (κ3) is 4.86. The van der Waals surface area contributed by atoms with Crippen molar-refractivity contribution in [2.24, 2.45) is 5.14 Å². The molecule has 5 N–H and O–H groups in total. The predicted octanol–water partition coefficient (Wildman–Crippen LogP) is 1.86. The van der Waals surface area contributed by atoms with Crippen molar-refractivity contribution in [3.63, 3.8) is 0 Å². The summed E-state index contributed by atoms with van der Waals surface area (Å²) in [5.41, 5.74) is 6.51. The lowest BCUT2D eigenvalue weighted by molar-refractivity contribution is -0.384. The minimum absolute atomic E-state index is 0.0336. The number of nitrogens with one attached hydrogen (secondary N) is 3. The van der Waals surface area contributed by atoms with Crippen molar-refractivity contribution < 1.29 is 13.3 Å². The number of anilines is 2. The second kappa shape index (κ2) is 7.42. The van der Waals surface area contributed by atoms with Gasteiger partial charge in [0.05, 0.1) is 9.82 Å². The SMILES string of the molecule is Cc1ccccc1NC(=S)NNc1ccc(S(N)(=O)=O)cc1[N+](=O)[O-]. The molecule has 0 fully saturated rings. The zero-order valence-electron chi connectivity index (χ0n) is 13.0. The van der Waals surface area contributed by atoms with Gasteiger partial charge in [0.15, 0.2) is 5.11 Å². The number of nitro groups is 1. The maximum Gasteiger partial charge on any atom is 0.295 e. The second-order valence-corrected chi connectivity index (χ2v) is 6.97. The highest BCUT2D eigenvalue weighted by molar-refractivity contribution is 7.89. The van der Waals surface area contributed by atoms with Gasteiger partial charge < -0.3 is 5.32 Å². The van der Waals surface area contributed by atoms with Gasteiger partial charge in [0.2, 0.25) is 10.0 Å². The number of nitrogens with two attached hydrogens (primary N) is 1. The first-order valence-corrected chi connectivity index (χ1v) is 8.84. The molecule has 0 saturated heterocycles. The molecular formula is C14H15N5O4S2. The summed E-state index contributed by atoms with van der Waals surface area (Å²) in [4.78, 5) is 10.1. The number of nitro benzene ring substituents is 1. The smallest absolute Gasteiger partial charge is 0.295 e. The number of primary sulfonamides is 1. The number of hydrogen-bond donors (Lipinski definition) is 4. The van der Waals surface area contributed by atoms with E-state index in [4.69, 9.17) is 17.4 Å². The summed E-state index contributed by atoms with van der Waals surface area (Å²) in [5.74, 6) is 0. The molecule has 0 aliphatic rings. The summed E-state index contributed by atoms with van der Waals surface area (Å²) in [5, 5.41) is 19.2. The first kappa shape index (κ1) is 18.6. The topological polar surface area (TPSA) is 139 Å². The molecule has 0 bridgehead atoms. The van der Waals surface area contributed by atoms with Gasteiger partial charge in [-0.15, -0.1) is 0 Å². The van der Waals surface area contributed by atoms with Crippen molar-refractivity contribution in [3.8, 4) is 0 Å². The van der Waals surface area contributed by atoms with Gasteiger partial charge >= 0.3 is 0 Å². The van der Waals surface area contributed by atoms with E-state index in [1.165, 1.54) is 6.07 Å². The molecule has 25 heavy (non-hydrogen) atoms. The van der Waals surface area contributed by atoms with Gasteiger partial charge in [0.25, 0.3) is 5.69 Å². The number of rotatable bonds is 5. The van der Waals surface area contributed by atoms with Crippen molar-refractivity contribution in [3.05, 3.63) is 58.1 Å². The Hall–Kier alpha value is -2.76. The summed E-state index contributed by atoms with van der Waals surface area (Å²) in [6.45, 7) is 1.90. The third-order valence-electron chi connectivity index (χ3n) is 3.20. The summed E-state index contributed by atoms with van der Waals surface area (Å²) in [6.07, 6.45) is 0. The van der Waals surface area contributed by atoms with Crippen LogP contribution in [-0.4, -0.2) is 18.5 Å². The lowest BCUT2D eigenvalue weighted by atomic mass is 10.2. The van der Waals surface area contributed by atoms with Crippen LogP contribution in [0.5, 0.6) is 0 Å². The summed E-state index contributed by atoms with van der Waals surface area (Å²) in [7, 11) is -4.04. The monoisotopic (exact) mass is 381 g/mol. The van der Waals surface area contributed by atoms with E-state index >= 15 is 0 Å². The van der Waals surface area contributed by atoms with E-state index < -0.39 is 20.6 Å². The summed E-state index contributed by atoms with van der Waals surface area (Å²) < 4.78 is 22.6. The van der Waals surface area contributed by atoms with Crippen LogP contribution in [0.25, 0.3) is 0 Å². The number of hydrazine groups is 1. The molecule has 0 atom stereocenters. The Balaban J connectivity index is 2.13. The zero-order valence-corrected chi connectivity index (χ0v) is 14.6. The normalized spacial score (nSPS) is 10.8. The number of nitrogens with zero attached hydrogens (tertiary/aromatic N) is 1. The van der Waals surface area contributed by atoms with E-state index in [-0.39, 0.29) is 15.7 Å². The molecule has 0 aliphatic heterocycles. The van der Waals surface area contributed by atoms with Gasteiger partial charge in [-0.2, -0.15) is 0 Å². The number of para-hydroxylation sites is 1. The lowest BCUT2D eigenvalue weighted by Gasteiger charge is -2.14. The van der Waals surface area contributed by atoms with E-state index in [1.807, 2.05) is 31.2 Å². The van der Waals surface area contributed by atoms with Crippen LogP contribution in [0.1, 0.15) is 5.56 Å². The molecule has 2 rings (SSSR count). The van der Waals surface area contributed by atoms with Gasteiger partial charge in [-0.3, -0.25) is 21.0 Å². The minimum atomic E-state index is -4.04. The molecule has 0 aromatic heterocycles. The van der Waals surface area contributed by atoms with E-state index in [1.54, 1.807) is 0 Å². The number of thiocarbonyl (C=S) groups is 1. The van der Waals surface area contributed by atoms with Crippen LogP contribution in [0.3, 0.4) is 0 Å². The molecule has 11 heteroatoms. The van der Waals surface area contributed by atoms with Gasteiger partial charge in [-0.1, -0.05) is 18.2 Å². The van der Waals surface area contributed by atoms with Crippen LogP contribution in [-0.2, 0) is 10.0 Å². The van der Waals surface area contributed by atoms with Crippen molar-refractivity contribution in [1.29, 1.82) is 0 Å². The number of aryl methyl sites for hydroxylation is 1. The van der Waals surface area contributed by atoms with Crippen molar-refractivity contribution >= 4 is 44.4 Å². The van der Waals surface area contributed by atoms with Crippen molar-refractivity contribution in [2.75, 3.05) is 10.7 Å². The summed E-state index contributed by atoms with van der Waals surface area (Å²) in [6, 6.07) is 10.7. The van der Waals surface area contributed by atoms with Crippen molar-refractivity contribution in [1.82, 2.24) is 5.43 Å². The molecule has 0 unspecified atom stereocenters. The fourth-order valence-electron chi connectivity index (χ4n) is 1.94. The standard InChI is InChI=1S/C14H15N5O4S2/c1-9-4-2-3-5-11(9)16-14(24)18-17-12-7-6-10(25(15,22)23)8-13(12)19(20)21/h2-8,17H,1H3,(H2,15,22,23)(H2,16,18,24). The Morgan fingerprint density at radius 1 is 1.20 bits per heavy atom. The average Bonchev–Trinajstić information content (AvgIpc) is 2.54. The zero-order chi connectivity index (χ0) is 18.6. The first-order valence-electron chi connectivity index (χ1n) is 6.88. The molecule has 2 aromatic rings. The Kier molecular flexibility index (Phi) is 5.51. The van der Waals surface area contributed by atoms with Crippen LogP contribution in [0, 0.1) is 17.0 Å². The highest BCUT2D eigenvalue weighted by Crippen LogP contribution is 2.26. The van der Waals surface area contributed by atoms with E-state index in [0.29, 0.717) is 0 Å². The number of sulfonamides is 1. The fraction of sp³-hybridized carbons (Fsp3) is 0.0714. The average molecular weight is 381 g/mol. The Labute approximate surface area is 149 Å². The van der Waals surface area contributed by atoms with Crippen molar-refractivity contribution in [2.45, 2.75) is 11.8 Å². The lowest BCUT2D eigenvalue weighted by Crippen LogP contribution is -2.33. The van der Waals surface area contributed by atoms with Gasteiger partial charge in [0, 0.05) is 11.8 Å². The van der Waals surface area contributed by atoms with Gasteiger partial charge in [-0.25, -0.2) is 13.6 Å². The van der Waals surface area contributed by atoms with Crippen LogP contribution >= 0.6 is 12.2 Å². The Bertz CT molecular complexity index is 931. The van der Waals surface area contributed by atoms with Gasteiger partial charge in [0.1, 0.15) is 5.69 Å². The maximum atomic E-state index is 11.3. The minimum Gasteiger partial charge on any atom is -0.331 e. The quantitative estimate of drug-likeness (QED) is 0.350. The highest BCUT2D eigenvalue weighted by Gasteiger charge is 2.19. The van der Waals surface area contributed by atoms with E-state index in [9.17, 15) is 18.5 Å². The van der Waals surface area contributed by atoms with E-state index in [2.05, 4.69) is 16.2 Å². The molecule has 0 heterocycles. The molecule has 0 spiro atoms. The molecular weight excluding hydrogens is 366 g/mol. The van der Waals surface area contributed by atoms with Crippen LogP contribution < -0.4 is 21.3 Å². The molecule has 0 aliphatic carbocycles. The first-order chi connectivity index (χ1) is 11.7. The molecule has 9 nitrogen and oxygen atoms in total. The number of hydrogen-bond acceptors (Lipinski definition) is 6. The molecule has 132 valence electrons. The second-order valence-electron chi connectivity index (χ2n) is 5.00. The highest BCUT2D eigenvalue weighted by atomic mass is 32.2. The molecule has 0 amide bonds. The Morgan fingerprint density at radius 2 is 1.88 bits per heavy atom. The van der Waals surface area contributed by atoms with E-state index in [0.717, 1.165) is 23.4 Å². The van der Waals surface area contributed by atoms with Crippen LogP contribution in [0.15, 0.2) is 47.4 Å². The molecule has 2 aromatic carbocycles. The van der Waals surface area contributed by atoms with Gasteiger partial charge in [-0.05, 0) is 42.9 Å². The van der Waals surface area contributed by atoms with Crippen LogP contribution in [0.4, 0.5) is 17.1 Å². The molecule has 0 radical (unpaired) electrons. The third-order valence-corrected chi connectivity index (χ3v) is 4.31. The summed E-state index contributed by atoms with van der Waals surface area (Å²) >= 11 is 5.12. The molecule has 0 saturated carbocycles.